The number of halogens is 1. The fourth-order valence-electron chi connectivity index (χ4n) is 2.87. The predicted molar refractivity (Wildman–Crippen MR) is 80.9 cm³/mol. The van der Waals surface area contributed by atoms with Gasteiger partial charge in [-0.3, -0.25) is 0 Å². The van der Waals surface area contributed by atoms with E-state index in [4.69, 9.17) is 0 Å². The molecule has 0 spiro atoms. The number of rotatable bonds is 5. The van der Waals surface area contributed by atoms with Crippen molar-refractivity contribution in [3.05, 3.63) is 29.6 Å². The van der Waals surface area contributed by atoms with Crippen molar-refractivity contribution in [1.29, 1.82) is 0 Å². The summed E-state index contributed by atoms with van der Waals surface area (Å²) in [6, 6.07) is 3.84. The lowest BCUT2D eigenvalue weighted by molar-refractivity contribution is 0.310. The first-order valence-electron chi connectivity index (χ1n) is 7.39. The van der Waals surface area contributed by atoms with Gasteiger partial charge in [0.15, 0.2) is 0 Å². The van der Waals surface area contributed by atoms with E-state index in [1.807, 2.05) is 0 Å². The highest BCUT2D eigenvalue weighted by Gasteiger charge is 2.28. The Balaban J connectivity index is 2.28. The molecular weight excluding hydrogens is 291 g/mol. The molecule has 1 saturated carbocycles. The summed E-state index contributed by atoms with van der Waals surface area (Å²) in [5, 5.41) is 2.91. The Kier molecular flexibility index (Phi) is 5.35. The molecule has 2 unspecified atom stereocenters. The van der Waals surface area contributed by atoms with Gasteiger partial charge in [-0.1, -0.05) is 25.8 Å². The lowest BCUT2D eigenvalue weighted by Crippen LogP contribution is -2.41. The molecule has 2 rings (SSSR count). The van der Waals surface area contributed by atoms with Crippen molar-refractivity contribution in [1.82, 2.24) is 10.0 Å². The van der Waals surface area contributed by atoms with Gasteiger partial charge in [0.05, 0.1) is 4.90 Å². The summed E-state index contributed by atoms with van der Waals surface area (Å²) < 4.78 is 41.4. The quantitative estimate of drug-likeness (QED) is 0.877. The van der Waals surface area contributed by atoms with E-state index >= 15 is 0 Å². The maximum absolute atomic E-state index is 13.5. The Labute approximate surface area is 126 Å². The smallest absolute Gasteiger partial charge is 0.241 e. The minimum Gasteiger partial charge on any atom is -0.316 e. The molecule has 0 radical (unpaired) electrons. The summed E-state index contributed by atoms with van der Waals surface area (Å²) in [5.41, 5.74) is 0.579. The van der Waals surface area contributed by atoms with Crippen molar-refractivity contribution >= 4 is 10.0 Å². The van der Waals surface area contributed by atoms with Gasteiger partial charge in [-0.25, -0.2) is 17.5 Å². The van der Waals surface area contributed by atoms with Gasteiger partial charge in [-0.15, -0.1) is 0 Å². The zero-order chi connectivity index (χ0) is 15.5. The number of sulfonamides is 1. The van der Waals surface area contributed by atoms with Crippen LogP contribution in [0.4, 0.5) is 4.39 Å². The molecular formula is C15H23FN2O2S. The Morgan fingerprint density at radius 3 is 2.67 bits per heavy atom. The molecule has 0 saturated heterocycles. The summed E-state index contributed by atoms with van der Waals surface area (Å²) in [5.74, 6) is -0.221. The lowest BCUT2D eigenvalue weighted by Gasteiger charge is -2.29. The molecule has 1 aliphatic rings. The second kappa shape index (κ2) is 6.85. The first kappa shape index (κ1) is 16.4. The fraction of sp³-hybridized carbons (Fsp3) is 0.600. The molecule has 1 aromatic carbocycles. The minimum absolute atomic E-state index is 0.0367. The SMILES string of the molecule is CNCc1ccc(F)cc1S(=O)(=O)NC1CCCCC1C. The Bertz CT molecular complexity index is 589. The van der Waals surface area contributed by atoms with Crippen molar-refractivity contribution in [2.24, 2.45) is 5.92 Å². The summed E-state index contributed by atoms with van der Waals surface area (Å²) in [4.78, 5) is 0.0367. The highest BCUT2D eigenvalue weighted by Crippen LogP contribution is 2.26. The number of hydrogen-bond donors (Lipinski definition) is 2. The normalized spacial score (nSPS) is 23.2. The summed E-state index contributed by atoms with van der Waals surface area (Å²) in [6.45, 7) is 2.45. The topological polar surface area (TPSA) is 58.2 Å². The van der Waals surface area contributed by atoms with E-state index in [0.717, 1.165) is 31.7 Å². The second-order valence-corrected chi connectivity index (χ2v) is 7.45. The van der Waals surface area contributed by atoms with Gasteiger partial charge < -0.3 is 5.32 Å². The Hall–Kier alpha value is -0.980. The van der Waals surface area contributed by atoms with Crippen LogP contribution in [0.3, 0.4) is 0 Å². The summed E-state index contributed by atoms with van der Waals surface area (Å²) >= 11 is 0. The van der Waals surface area contributed by atoms with Crippen LogP contribution in [0.25, 0.3) is 0 Å². The van der Waals surface area contributed by atoms with Crippen LogP contribution in [0.1, 0.15) is 38.2 Å². The average Bonchev–Trinajstić information content (AvgIpc) is 2.43. The van der Waals surface area contributed by atoms with Crippen LogP contribution >= 0.6 is 0 Å². The average molecular weight is 314 g/mol. The van der Waals surface area contributed by atoms with Gasteiger partial charge in [-0.05, 0) is 43.5 Å². The van der Waals surface area contributed by atoms with Crippen LogP contribution in [-0.4, -0.2) is 21.5 Å². The van der Waals surface area contributed by atoms with Crippen LogP contribution in [0.2, 0.25) is 0 Å². The third-order valence-corrected chi connectivity index (χ3v) is 5.68. The van der Waals surface area contributed by atoms with Gasteiger partial charge in [0.1, 0.15) is 5.82 Å². The molecule has 0 aromatic heterocycles. The molecule has 0 bridgehead atoms. The number of hydrogen-bond acceptors (Lipinski definition) is 3. The van der Waals surface area contributed by atoms with Crippen molar-refractivity contribution in [2.75, 3.05) is 7.05 Å². The molecule has 1 aliphatic carbocycles. The molecule has 6 heteroatoms. The molecule has 0 aliphatic heterocycles. The highest BCUT2D eigenvalue weighted by molar-refractivity contribution is 7.89. The van der Waals surface area contributed by atoms with Crippen molar-refractivity contribution in [2.45, 2.75) is 50.1 Å². The molecule has 1 fully saturated rings. The van der Waals surface area contributed by atoms with Crippen molar-refractivity contribution in [3.63, 3.8) is 0 Å². The van der Waals surface area contributed by atoms with Crippen LogP contribution in [0.5, 0.6) is 0 Å². The van der Waals surface area contributed by atoms with Crippen LogP contribution < -0.4 is 10.0 Å². The fourth-order valence-corrected chi connectivity index (χ4v) is 4.50. The van der Waals surface area contributed by atoms with E-state index in [-0.39, 0.29) is 10.9 Å². The predicted octanol–water partition coefficient (Wildman–Crippen LogP) is 2.40. The Morgan fingerprint density at radius 1 is 1.29 bits per heavy atom. The minimum atomic E-state index is -3.70. The van der Waals surface area contributed by atoms with Gasteiger partial charge >= 0.3 is 0 Å². The third kappa shape index (κ3) is 4.02. The monoisotopic (exact) mass is 314 g/mol. The summed E-state index contributed by atoms with van der Waals surface area (Å²) in [7, 11) is -1.97. The van der Waals surface area contributed by atoms with Crippen LogP contribution in [0.15, 0.2) is 23.1 Å². The largest absolute Gasteiger partial charge is 0.316 e. The van der Waals surface area contributed by atoms with E-state index in [1.54, 1.807) is 7.05 Å². The maximum atomic E-state index is 13.5. The molecule has 4 nitrogen and oxygen atoms in total. The molecule has 1 aromatic rings. The first-order valence-corrected chi connectivity index (χ1v) is 8.87. The van der Waals surface area contributed by atoms with Crippen LogP contribution in [-0.2, 0) is 16.6 Å². The van der Waals surface area contributed by atoms with Crippen molar-refractivity contribution in [3.8, 4) is 0 Å². The van der Waals surface area contributed by atoms with Gasteiger partial charge in [0.2, 0.25) is 10.0 Å². The van der Waals surface area contributed by atoms with E-state index < -0.39 is 15.8 Å². The molecule has 21 heavy (non-hydrogen) atoms. The zero-order valence-corrected chi connectivity index (χ0v) is 13.3. The molecule has 118 valence electrons. The molecule has 0 heterocycles. The second-order valence-electron chi connectivity index (χ2n) is 5.77. The van der Waals surface area contributed by atoms with Gasteiger partial charge in [0.25, 0.3) is 0 Å². The van der Waals surface area contributed by atoms with E-state index in [1.165, 1.54) is 12.1 Å². The lowest BCUT2D eigenvalue weighted by atomic mass is 9.87. The molecule has 2 atom stereocenters. The van der Waals surface area contributed by atoms with E-state index in [2.05, 4.69) is 17.0 Å². The molecule has 0 amide bonds. The Morgan fingerprint density at radius 2 is 2.00 bits per heavy atom. The first-order chi connectivity index (χ1) is 9.94. The van der Waals surface area contributed by atoms with E-state index in [0.29, 0.717) is 18.0 Å². The number of nitrogens with one attached hydrogen (secondary N) is 2. The van der Waals surface area contributed by atoms with Gasteiger partial charge in [0, 0.05) is 12.6 Å². The standard InChI is InChI=1S/C15H23FN2O2S/c1-11-5-3-4-6-14(11)18-21(19,20)15-9-13(16)8-7-12(15)10-17-2/h7-9,11,14,17-18H,3-6,10H2,1-2H3. The third-order valence-electron chi connectivity index (χ3n) is 4.10. The number of benzene rings is 1. The summed E-state index contributed by atoms with van der Waals surface area (Å²) in [6.07, 6.45) is 4.05. The van der Waals surface area contributed by atoms with E-state index in [9.17, 15) is 12.8 Å². The molecule has 2 N–H and O–H groups in total. The van der Waals surface area contributed by atoms with Gasteiger partial charge in [-0.2, -0.15) is 0 Å². The maximum Gasteiger partial charge on any atom is 0.241 e. The zero-order valence-electron chi connectivity index (χ0n) is 12.5. The van der Waals surface area contributed by atoms with Crippen LogP contribution in [0, 0.1) is 11.7 Å². The highest BCUT2D eigenvalue weighted by atomic mass is 32.2. The van der Waals surface area contributed by atoms with Crippen molar-refractivity contribution < 1.29 is 12.8 Å².